The fourth-order valence-corrected chi connectivity index (χ4v) is 2.08. The summed E-state index contributed by atoms with van der Waals surface area (Å²) in [5.41, 5.74) is 0. The van der Waals surface area contributed by atoms with E-state index in [-0.39, 0.29) is 0 Å². The van der Waals surface area contributed by atoms with E-state index in [0.29, 0.717) is 11.1 Å². The first-order valence-corrected chi connectivity index (χ1v) is 6.67. The van der Waals surface area contributed by atoms with E-state index in [1.165, 1.54) is 0 Å². The molecule has 78 valence electrons. The number of hydrogen-bond donors (Lipinski definition) is 0. The minimum atomic E-state index is 0.486. The van der Waals surface area contributed by atoms with E-state index in [1.807, 2.05) is 11.8 Å². The number of thioether (sulfide) groups is 1. The van der Waals surface area contributed by atoms with Crippen LogP contribution in [0.15, 0.2) is 10.7 Å². The molecule has 0 unspecified atom stereocenters. The highest BCUT2D eigenvalue weighted by Crippen LogP contribution is 2.20. The Balaban J connectivity index is 2.47. The van der Waals surface area contributed by atoms with Crippen molar-refractivity contribution in [2.24, 2.45) is 5.92 Å². The highest BCUT2D eigenvalue weighted by atomic mass is 79.9. The zero-order valence-electron chi connectivity index (χ0n) is 8.13. The second-order valence-electron chi connectivity index (χ2n) is 3.33. The quantitative estimate of drug-likeness (QED) is 0.791. The van der Waals surface area contributed by atoms with Crippen molar-refractivity contribution in [3.8, 4) is 0 Å². The molecule has 1 aromatic rings. The molecule has 5 heteroatoms. The van der Waals surface area contributed by atoms with Gasteiger partial charge in [-0.1, -0.05) is 25.4 Å². The Labute approximate surface area is 102 Å². The summed E-state index contributed by atoms with van der Waals surface area (Å²) < 4.78 is 0.747. The van der Waals surface area contributed by atoms with Crippen molar-refractivity contribution in [3.63, 3.8) is 0 Å². The Bertz CT molecular complexity index is 307. The molecule has 2 nitrogen and oxygen atoms in total. The van der Waals surface area contributed by atoms with E-state index in [9.17, 15) is 0 Å². The van der Waals surface area contributed by atoms with Crippen LogP contribution in [0.5, 0.6) is 0 Å². The Morgan fingerprint density at radius 1 is 1.57 bits per heavy atom. The van der Waals surface area contributed by atoms with Gasteiger partial charge in [0.25, 0.3) is 0 Å². The first kappa shape index (κ1) is 12.3. The molecule has 0 aliphatic rings. The van der Waals surface area contributed by atoms with Crippen molar-refractivity contribution in [2.75, 3.05) is 5.75 Å². The van der Waals surface area contributed by atoms with Gasteiger partial charge in [0.1, 0.15) is 11.0 Å². The molecule has 14 heavy (non-hydrogen) atoms. The lowest BCUT2D eigenvalue weighted by Crippen LogP contribution is -1.96. The highest BCUT2D eigenvalue weighted by Gasteiger charge is 2.03. The minimum absolute atomic E-state index is 0.486. The lowest BCUT2D eigenvalue weighted by atomic mass is 10.3. The first-order chi connectivity index (χ1) is 6.59. The van der Waals surface area contributed by atoms with E-state index < -0.39 is 0 Å². The lowest BCUT2D eigenvalue weighted by molar-refractivity contribution is 0.749. The molecule has 0 bridgehead atoms. The predicted molar refractivity (Wildman–Crippen MR) is 65.7 cm³/mol. The van der Waals surface area contributed by atoms with Gasteiger partial charge in [-0.25, -0.2) is 9.97 Å². The van der Waals surface area contributed by atoms with Crippen molar-refractivity contribution in [2.45, 2.75) is 19.6 Å². The summed E-state index contributed by atoms with van der Waals surface area (Å²) in [5, 5.41) is 0.486. The summed E-state index contributed by atoms with van der Waals surface area (Å²) in [4.78, 5) is 8.33. The molecule has 0 aliphatic carbocycles. The molecular formula is C9H12BrClN2S. The van der Waals surface area contributed by atoms with Gasteiger partial charge in [-0.15, -0.1) is 0 Å². The largest absolute Gasteiger partial charge is 0.239 e. The maximum absolute atomic E-state index is 5.85. The van der Waals surface area contributed by atoms with Crippen LogP contribution in [0.25, 0.3) is 0 Å². The lowest BCUT2D eigenvalue weighted by Gasteiger charge is -2.04. The van der Waals surface area contributed by atoms with Gasteiger partial charge in [0.15, 0.2) is 0 Å². The normalized spacial score (nSPS) is 10.9. The van der Waals surface area contributed by atoms with E-state index in [1.54, 1.807) is 6.20 Å². The zero-order chi connectivity index (χ0) is 10.6. The van der Waals surface area contributed by atoms with Gasteiger partial charge >= 0.3 is 0 Å². The monoisotopic (exact) mass is 294 g/mol. The van der Waals surface area contributed by atoms with Crippen LogP contribution >= 0.6 is 39.3 Å². The molecule has 0 N–H and O–H groups in total. The van der Waals surface area contributed by atoms with Crippen LogP contribution in [0.3, 0.4) is 0 Å². The van der Waals surface area contributed by atoms with Crippen LogP contribution in [0.2, 0.25) is 5.15 Å². The molecule has 1 aromatic heterocycles. The molecule has 1 heterocycles. The Hall–Kier alpha value is 0.200. The second kappa shape index (κ2) is 5.93. The number of hydrogen-bond acceptors (Lipinski definition) is 3. The number of rotatable bonds is 4. The Morgan fingerprint density at radius 2 is 2.29 bits per heavy atom. The van der Waals surface area contributed by atoms with Crippen LogP contribution in [0, 0.1) is 5.92 Å². The summed E-state index contributed by atoms with van der Waals surface area (Å²) in [6.07, 6.45) is 1.70. The molecule has 0 aliphatic heterocycles. The summed E-state index contributed by atoms with van der Waals surface area (Å²) in [6, 6.07) is 0. The summed E-state index contributed by atoms with van der Waals surface area (Å²) in [7, 11) is 0. The molecule has 1 rings (SSSR count). The van der Waals surface area contributed by atoms with Crippen LogP contribution in [-0.4, -0.2) is 15.7 Å². The third kappa shape index (κ3) is 4.15. The number of aromatic nitrogens is 2. The van der Waals surface area contributed by atoms with Crippen LogP contribution in [-0.2, 0) is 5.75 Å². The summed E-state index contributed by atoms with van der Waals surface area (Å²) >= 11 is 10.9. The van der Waals surface area contributed by atoms with Crippen molar-refractivity contribution < 1.29 is 0 Å². The van der Waals surface area contributed by atoms with E-state index in [4.69, 9.17) is 11.6 Å². The van der Waals surface area contributed by atoms with Crippen molar-refractivity contribution in [1.82, 2.24) is 9.97 Å². The third-order valence-electron chi connectivity index (χ3n) is 1.43. The molecule has 0 radical (unpaired) electrons. The van der Waals surface area contributed by atoms with Gasteiger partial charge in [0, 0.05) is 6.20 Å². The van der Waals surface area contributed by atoms with Gasteiger partial charge in [-0.05, 0) is 27.6 Å². The molecule has 0 atom stereocenters. The fraction of sp³-hybridized carbons (Fsp3) is 0.556. The SMILES string of the molecule is CC(C)CSCc1ncc(Br)c(Cl)n1. The van der Waals surface area contributed by atoms with Crippen molar-refractivity contribution >= 4 is 39.3 Å². The van der Waals surface area contributed by atoms with Crippen LogP contribution < -0.4 is 0 Å². The molecule has 0 saturated heterocycles. The second-order valence-corrected chi connectivity index (χ2v) is 5.58. The van der Waals surface area contributed by atoms with Gasteiger partial charge < -0.3 is 0 Å². The molecule has 0 spiro atoms. The zero-order valence-corrected chi connectivity index (χ0v) is 11.3. The van der Waals surface area contributed by atoms with Gasteiger partial charge in [-0.3, -0.25) is 0 Å². The minimum Gasteiger partial charge on any atom is -0.239 e. The van der Waals surface area contributed by atoms with Crippen LogP contribution in [0.1, 0.15) is 19.7 Å². The molecule has 0 saturated carbocycles. The van der Waals surface area contributed by atoms with Gasteiger partial charge in [-0.2, -0.15) is 11.8 Å². The van der Waals surface area contributed by atoms with E-state index in [2.05, 4.69) is 39.7 Å². The predicted octanol–water partition coefficient (Wildman–Crippen LogP) is 3.78. The Morgan fingerprint density at radius 3 is 2.86 bits per heavy atom. The number of nitrogens with zero attached hydrogens (tertiary/aromatic N) is 2. The van der Waals surface area contributed by atoms with E-state index in [0.717, 1.165) is 21.8 Å². The maximum atomic E-state index is 5.85. The van der Waals surface area contributed by atoms with Crippen molar-refractivity contribution in [1.29, 1.82) is 0 Å². The maximum Gasteiger partial charge on any atom is 0.146 e. The molecule has 0 aromatic carbocycles. The fourth-order valence-electron chi connectivity index (χ4n) is 0.835. The van der Waals surface area contributed by atoms with E-state index >= 15 is 0 Å². The van der Waals surface area contributed by atoms with Gasteiger partial charge in [0.05, 0.1) is 10.2 Å². The highest BCUT2D eigenvalue weighted by molar-refractivity contribution is 9.10. The first-order valence-electron chi connectivity index (χ1n) is 4.34. The van der Waals surface area contributed by atoms with Crippen molar-refractivity contribution in [3.05, 3.63) is 21.6 Å². The Kier molecular flexibility index (Phi) is 5.20. The topological polar surface area (TPSA) is 25.8 Å². The summed E-state index contributed by atoms with van der Waals surface area (Å²) in [6.45, 7) is 4.39. The molecular weight excluding hydrogens is 284 g/mol. The summed E-state index contributed by atoms with van der Waals surface area (Å²) in [5.74, 6) is 3.44. The smallest absolute Gasteiger partial charge is 0.146 e. The molecule has 0 amide bonds. The van der Waals surface area contributed by atoms with Crippen LogP contribution in [0.4, 0.5) is 0 Å². The average molecular weight is 296 g/mol. The third-order valence-corrected chi connectivity index (χ3v) is 3.89. The molecule has 0 fully saturated rings. The standard InChI is InChI=1S/C9H12BrClN2S/c1-6(2)4-14-5-8-12-3-7(10)9(11)13-8/h3,6H,4-5H2,1-2H3. The number of halogens is 2. The average Bonchev–Trinajstić information content (AvgIpc) is 2.10. The van der Waals surface area contributed by atoms with Gasteiger partial charge in [0.2, 0.25) is 0 Å².